The normalized spacial score (nSPS) is 40.1. The van der Waals surface area contributed by atoms with Crippen LogP contribution in [0.1, 0.15) is 98.3 Å². The predicted octanol–water partition coefficient (Wildman–Crippen LogP) is 6.46. The largest absolute Gasteiger partial charge is 0.389 e. The van der Waals surface area contributed by atoms with E-state index in [9.17, 15) is 13.2 Å². The Hall–Kier alpha value is -0.980. The maximum atomic E-state index is 13.4. The molecule has 3 aliphatic rings. The fourth-order valence-electron chi connectivity index (χ4n) is 8.41. The molecule has 7 heteroatoms. The number of fused-ring (bicyclic) bond motifs is 3. The highest BCUT2D eigenvalue weighted by Crippen LogP contribution is 2.67. The third-order valence-electron chi connectivity index (χ3n) is 9.75. The minimum absolute atomic E-state index is 0.176. The maximum absolute atomic E-state index is 13.4. The van der Waals surface area contributed by atoms with Crippen LogP contribution in [0.15, 0.2) is 5.10 Å². The van der Waals surface area contributed by atoms with Crippen molar-refractivity contribution in [3.8, 4) is 0 Å². The van der Waals surface area contributed by atoms with Gasteiger partial charge in [-0.3, -0.25) is 0 Å². The summed E-state index contributed by atoms with van der Waals surface area (Å²) in [4.78, 5) is 0. The van der Waals surface area contributed by atoms with Crippen molar-refractivity contribution in [2.24, 2.45) is 57.1 Å². The van der Waals surface area contributed by atoms with E-state index in [1.807, 2.05) is 0 Å². The third-order valence-corrected chi connectivity index (χ3v) is 9.75. The zero-order valence-electron chi connectivity index (χ0n) is 20.6. The first-order valence-electron chi connectivity index (χ1n) is 12.8. The lowest BCUT2D eigenvalue weighted by molar-refractivity contribution is -0.177. The second kappa shape index (κ2) is 9.71. The van der Waals surface area contributed by atoms with Crippen molar-refractivity contribution in [3.63, 3.8) is 0 Å². The van der Waals surface area contributed by atoms with E-state index in [0.717, 1.165) is 51.4 Å². The first-order chi connectivity index (χ1) is 14.9. The summed E-state index contributed by atoms with van der Waals surface area (Å²) >= 11 is 0. The van der Waals surface area contributed by atoms with Crippen molar-refractivity contribution in [1.29, 1.82) is 0 Å². The number of rotatable bonds is 8. The van der Waals surface area contributed by atoms with E-state index in [1.165, 1.54) is 18.0 Å². The Balaban J connectivity index is 1.69. The van der Waals surface area contributed by atoms with Crippen LogP contribution in [0.4, 0.5) is 13.2 Å². The Bertz CT molecular complexity index is 662. The molecule has 4 nitrogen and oxygen atoms in total. The molecule has 7 unspecified atom stereocenters. The first-order valence-corrected chi connectivity index (χ1v) is 12.8. The van der Waals surface area contributed by atoms with Crippen molar-refractivity contribution in [2.75, 3.05) is 6.54 Å². The summed E-state index contributed by atoms with van der Waals surface area (Å²) in [5.41, 5.74) is 5.75. The summed E-state index contributed by atoms with van der Waals surface area (Å²) in [6.45, 7) is 9.25. The van der Waals surface area contributed by atoms with Crippen LogP contribution in [0.25, 0.3) is 0 Å². The monoisotopic (exact) mass is 458 g/mol. The van der Waals surface area contributed by atoms with Crippen LogP contribution in [0.3, 0.4) is 0 Å². The molecule has 0 aliphatic heterocycles. The van der Waals surface area contributed by atoms with Gasteiger partial charge in [-0.2, -0.15) is 13.2 Å². The predicted molar refractivity (Wildman–Crippen MR) is 124 cm³/mol. The molecule has 186 valence electrons. The highest BCUT2D eigenvalue weighted by atomic mass is 19.4. The average molecular weight is 459 g/mol. The second-order valence-electron chi connectivity index (χ2n) is 11.6. The van der Waals surface area contributed by atoms with Crippen LogP contribution in [0.5, 0.6) is 0 Å². The van der Waals surface area contributed by atoms with Gasteiger partial charge in [0, 0.05) is 6.42 Å². The molecular formula is C25H45F3N4. The SMILES string of the molecule is CCCC1(C)C(CC(F)(F)F)CCC2C3CCC(CCCN(N)/N=C(/C)N)C3(C)CCC21. The van der Waals surface area contributed by atoms with Gasteiger partial charge < -0.3 is 5.73 Å². The first kappa shape index (κ1) is 25.6. The molecule has 0 aromatic carbocycles. The molecule has 3 rings (SSSR count). The van der Waals surface area contributed by atoms with Gasteiger partial charge in [-0.1, -0.05) is 27.2 Å². The number of amidine groups is 1. The van der Waals surface area contributed by atoms with Crippen LogP contribution in [-0.4, -0.2) is 23.7 Å². The van der Waals surface area contributed by atoms with E-state index in [1.54, 1.807) is 6.92 Å². The van der Waals surface area contributed by atoms with Gasteiger partial charge in [-0.15, -0.1) is 5.10 Å². The number of halogens is 3. The lowest BCUT2D eigenvalue weighted by Crippen LogP contribution is -2.52. The zero-order valence-corrected chi connectivity index (χ0v) is 20.6. The molecule has 0 heterocycles. The highest BCUT2D eigenvalue weighted by Gasteiger charge is 2.59. The Kier molecular flexibility index (Phi) is 7.78. The van der Waals surface area contributed by atoms with Crippen molar-refractivity contribution in [3.05, 3.63) is 0 Å². The Morgan fingerprint density at radius 3 is 2.38 bits per heavy atom. The molecule has 4 N–H and O–H groups in total. The standard InChI is InChI=1S/C25H45F3N4/c1-5-13-23(3)19(16-25(26,27)28)8-10-20-21-11-9-18(24(21,4)14-12-22(20)23)7-6-15-32(30)31-17(2)29/h18-22H,5-16,30H2,1-4H3,(H2,29,31). The smallest absolute Gasteiger partial charge is 0.386 e. The zero-order chi connectivity index (χ0) is 23.7. The molecule has 3 saturated carbocycles. The number of nitrogens with two attached hydrogens (primary N) is 2. The fourth-order valence-corrected chi connectivity index (χ4v) is 8.41. The van der Waals surface area contributed by atoms with Crippen molar-refractivity contribution < 1.29 is 13.2 Å². The van der Waals surface area contributed by atoms with Crippen molar-refractivity contribution >= 4 is 5.84 Å². The molecule has 3 aliphatic carbocycles. The number of hydrazone groups is 1. The molecule has 0 spiro atoms. The van der Waals surface area contributed by atoms with E-state index < -0.39 is 12.6 Å². The molecule has 3 fully saturated rings. The topological polar surface area (TPSA) is 67.6 Å². The third kappa shape index (κ3) is 5.23. The van der Waals surface area contributed by atoms with Crippen LogP contribution >= 0.6 is 0 Å². The molecule has 0 aromatic heterocycles. The summed E-state index contributed by atoms with van der Waals surface area (Å²) < 4.78 is 40.2. The van der Waals surface area contributed by atoms with Crippen molar-refractivity contribution in [2.45, 2.75) is 105 Å². The number of hydrogen-bond acceptors (Lipinski definition) is 3. The van der Waals surface area contributed by atoms with E-state index in [4.69, 9.17) is 11.6 Å². The lowest BCUT2D eigenvalue weighted by atomic mass is 9.46. The Morgan fingerprint density at radius 2 is 1.75 bits per heavy atom. The number of alkyl halides is 3. The van der Waals surface area contributed by atoms with Crippen molar-refractivity contribution in [1.82, 2.24) is 5.12 Å². The van der Waals surface area contributed by atoms with Gasteiger partial charge in [-0.05, 0) is 105 Å². The van der Waals surface area contributed by atoms with E-state index in [-0.39, 0.29) is 11.3 Å². The molecule has 0 amide bonds. The van der Waals surface area contributed by atoms with Gasteiger partial charge in [-0.25, -0.2) is 11.0 Å². The Morgan fingerprint density at radius 1 is 1.06 bits per heavy atom. The van der Waals surface area contributed by atoms with Crippen LogP contribution in [-0.2, 0) is 0 Å². The minimum atomic E-state index is -4.06. The average Bonchev–Trinajstić information content (AvgIpc) is 2.99. The minimum Gasteiger partial charge on any atom is -0.386 e. The van der Waals surface area contributed by atoms with Gasteiger partial charge in [0.25, 0.3) is 0 Å². The summed E-state index contributed by atoms with van der Waals surface area (Å²) in [5.74, 6) is 8.54. The number of nitrogens with zero attached hydrogens (tertiary/aromatic N) is 2. The number of hydrazine groups is 1. The van der Waals surface area contributed by atoms with E-state index in [2.05, 4.69) is 25.9 Å². The molecule has 0 saturated heterocycles. The summed E-state index contributed by atoms with van der Waals surface area (Å²) in [5, 5.41) is 5.53. The Labute approximate surface area is 192 Å². The highest BCUT2D eigenvalue weighted by molar-refractivity contribution is 5.77. The molecule has 32 heavy (non-hydrogen) atoms. The maximum Gasteiger partial charge on any atom is 0.389 e. The van der Waals surface area contributed by atoms with Gasteiger partial charge in [0.1, 0.15) is 5.84 Å². The summed E-state index contributed by atoms with van der Waals surface area (Å²) in [6, 6.07) is 0. The summed E-state index contributed by atoms with van der Waals surface area (Å²) in [7, 11) is 0. The molecule has 0 aromatic rings. The molecule has 7 atom stereocenters. The quantitative estimate of drug-likeness (QED) is 0.190. The fraction of sp³-hybridized carbons (Fsp3) is 0.960. The van der Waals surface area contributed by atoms with Gasteiger partial charge in [0.15, 0.2) is 0 Å². The summed E-state index contributed by atoms with van der Waals surface area (Å²) in [6.07, 6.45) is 5.84. The van der Waals surface area contributed by atoms with Gasteiger partial charge in [0.2, 0.25) is 0 Å². The molecule has 0 bridgehead atoms. The van der Waals surface area contributed by atoms with Crippen LogP contribution in [0, 0.1) is 40.4 Å². The number of hydrogen-bond donors (Lipinski definition) is 2. The van der Waals surface area contributed by atoms with E-state index in [0.29, 0.717) is 41.5 Å². The van der Waals surface area contributed by atoms with Crippen LogP contribution < -0.4 is 11.6 Å². The van der Waals surface area contributed by atoms with E-state index >= 15 is 0 Å². The molecular weight excluding hydrogens is 413 g/mol. The van der Waals surface area contributed by atoms with Gasteiger partial charge >= 0.3 is 6.18 Å². The van der Waals surface area contributed by atoms with Crippen LogP contribution in [0.2, 0.25) is 0 Å². The second-order valence-corrected chi connectivity index (χ2v) is 11.6. The lowest BCUT2D eigenvalue weighted by Gasteiger charge is -2.59. The molecule has 0 radical (unpaired) electrons. The van der Waals surface area contributed by atoms with Gasteiger partial charge in [0.05, 0.1) is 6.54 Å².